The van der Waals surface area contributed by atoms with Gasteiger partial charge in [-0.2, -0.15) is 0 Å². The molecule has 0 amide bonds. The van der Waals surface area contributed by atoms with Gasteiger partial charge in [0.05, 0.1) is 31.5 Å². The number of benzene rings is 2. The van der Waals surface area contributed by atoms with Crippen LogP contribution in [-0.2, 0) is 6.61 Å². The van der Waals surface area contributed by atoms with E-state index in [1.807, 2.05) is 31.4 Å². The number of halogens is 1. The van der Waals surface area contributed by atoms with Gasteiger partial charge in [0.2, 0.25) is 4.96 Å². The molecule has 37 heavy (non-hydrogen) atoms. The second-order valence-electron chi connectivity index (χ2n) is 7.52. The molecule has 0 bridgehead atoms. The molecule has 4 heterocycles. The maximum Gasteiger partial charge on any atom is 0.294 e. The van der Waals surface area contributed by atoms with Crippen LogP contribution in [-0.4, -0.2) is 33.8 Å². The van der Waals surface area contributed by atoms with E-state index in [0.717, 1.165) is 21.7 Å². The molecular weight excluding hydrogens is 515 g/mol. The average Bonchev–Trinajstić information content (AvgIpc) is 3.70. The van der Waals surface area contributed by atoms with Crippen LogP contribution in [0.4, 0.5) is 4.39 Å². The second kappa shape index (κ2) is 10.6. The molecular formula is C26H23FN4O4S2. The minimum Gasteiger partial charge on any atom is -0.496 e. The molecule has 4 aromatic heterocycles. The first-order valence-electron chi connectivity index (χ1n) is 11.4. The summed E-state index contributed by atoms with van der Waals surface area (Å²) < 4.78 is 38.0. The predicted molar refractivity (Wildman–Crippen MR) is 142 cm³/mol. The van der Waals surface area contributed by atoms with Crippen LogP contribution in [0.5, 0.6) is 16.7 Å². The number of thiazole rings is 1. The van der Waals surface area contributed by atoms with Gasteiger partial charge in [0.15, 0.2) is 5.76 Å². The summed E-state index contributed by atoms with van der Waals surface area (Å²) in [5, 5.41) is 8.25. The van der Waals surface area contributed by atoms with Crippen molar-refractivity contribution in [2.75, 3.05) is 14.2 Å². The van der Waals surface area contributed by atoms with Gasteiger partial charge in [-0.05, 0) is 29.5 Å². The number of rotatable bonds is 7. The Kier molecular flexibility index (Phi) is 7.06. The fourth-order valence-electron chi connectivity index (χ4n) is 3.61. The molecule has 0 fully saturated rings. The quantitative estimate of drug-likeness (QED) is 0.215. The number of hydrogen-bond donors (Lipinski definition) is 0. The van der Waals surface area contributed by atoms with Crippen LogP contribution in [0.1, 0.15) is 19.5 Å². The highest BCUT2D eigenvalue weighted by Crippen LogP contribution is 2.38. The molecule has 2 aromatic carbocycles. The minimum absolute atomic E-state index is 0.235. The number of furan rings is 1. The van der Waals surface area contributed by atoms with Gasteiger partial charge in [-0.25, -0.2) is 18.9 Å². The number of hydrogen-bond acceptors (Lipinski definition) is 9. The van der Waals surface area contributed by atoms with E-state index in [0.29, 0.717) is 38.7 Å². The lowest BCUT2D eigenvalue weighted by molar-refractivity contribution is 0.303. The van der Waals surface area contributed by atoms with Crippen molar-refractivity contribution in [1.82, 2.24) is 19.6 Å². The Labute approximate surface area is 219 Å². The molecule has 190 valence electrons. The van der Waals surface area contributed by atoms with E-state index in [2.05, 4.69) is 15.1 Å². The number of ether oxygens (including phenoxy) is 3. The molecule has 8 nitrogen and oxygen atoms in total. The van der Waals surface area contributed by atoms with E-state index in [1.165, 1.54) is 34.8 Å². The monoisotopic (exact) mass is 538 g/mol. The van der Waals surface area contributed by atoms with Gasteiger partial charge < -0.3 is 18.6 Å². The van der Waals surface area contributed by atoms with Gasteiger partial charge in [-0.15, -0.1) is 16.4 Å². The van der Waals surface area contributed by atoms with Crippen molar-refractivity contribution in [1.29, 1.82) is 0 Å². The van der Waals surface area contributed by atoms with Crippen LogP contribution >= 0.6 is 22.7 Å². The Hall–Kier alpha value is -3.96. The Morgan fingerprint density at radius 1 is 1.05 bits per heavy atom. The number of imidazole rings is 1. The summed E-state index contributed by atoms with van der Waals surface area (Å²) >= 11 is 2.78. The first-order valence-corrected chi connectivity index (χ1v) is 13.1. The van der Waals surface area contributed by atoms with Crippen LogP contribution in [0.3, 0.4) is 0 Å². The Morgan fingerprint density at radius 3 is 2.68 bits per heavy atom. The van der Waals surface area contributed by atoms with E-state index < -0.39 is 0 Å². The van der Waals surface area contributed by atoms with Crippen molar-refractivity contribution in [3.05, 3.63) is 65.6 Å². The minimum atomic E-state index is -0.294. The molecule has 0 unspecified atom stereocenters. The van der Waals surface area contributed by atoms with Crippen LogP contribution in [0.15, 0.2) is 58.5 Å². The summed E-state index contributed by atoms with van der Waals surface area (Å²) in [7, 11) is 3.16. The number of nitrogens with zero attached hydrogens (tertiary/aromatic N) is 4. The van der Waals surface area contributed by atoms with Gasteiger partial charge in [0.25, 0.3) is 5.19 Å². The topological polar surface area (TPSA) is 83.9 Å². The van der Waals surface area contributed by atoms with Gasteiger partial charge >= 0.3 is 0 Å². The van der Waals surface area contributed by atoms with E-state index in [1.54, 1.807) is 43.1 Å². The molecule has 0 N–H and O–H groups in total. The molecule has 0 saturated carbocycles. The van der Waals surface area contributed by atoms with Gasteiger partial charge in [0.1, 0.15) is 40.2 Å². The lowest BCUT2D eigenvalue weighted by Crippen LogP contribution is -1.97. The maximum atomic E-state index is 13.6. The number of fused-ring (bicyclic) bond motifs is 2. The second-order valence-corrected chi connectivity index (χ2v) is 9.29. The van der Waals surface area contributed by atoms with Crippen LogP contribution in [0, 0.1) is 5.82 Å². The molecule has 11 heteroatoms. The summed E-state index contributed by atoms with van der Waals surface area (Å²) in [6, 6.07) is 11.9. The summed E-state index contributed by atoms with van der Waals surface area (Å²) in [6.45, 7) is 4.23. The van der Waals surface area contributed by atoms with E-state index >= 15 is 0 Å². The first kappa shape index (κ1) is 24.7. The zero-order chi connectivity index (χ0) is 25.9. The normalized spacial score (nSPS) is 10.9. The molecule has 0 spiro atoms. The Morgan fingerprint density at radius 2 is 1.92 bits per heavy atom. The Balaban J connectivity index is 0.00000137. The summed E-state index contributed by atoms with van der Waals surface area (Å²) in [5.41, 5.74) is 2.72. The van der Waals surface area contributed by atoms with Crippen molar-refractivity contribution in [3.63, 3.8) is 0 Å². The van der Waals surface area contributed by atoms with Gasteiger partial charge in [-0.1, -0.05) is 26.0 Å². The summed E-state index contributed by atoms with van der Waals surface area (Å²) in [4.78, 5) is 9.87. The number of methoxy groups -OCH3 is 2. The zero-order valence-electron chi connectivity index (χ0n) is 20.5. The molecule has 0 aliphatic heterocycles. The summed E-state index contributed by atoms with van der Waals surface area (Å²) in [6.07, 6.45) is 1.78. The molecule has 0 aliphatic rings. The maximum absolute atomic E-state index is 13.6. The zero-order valence-corrected chi connectivity index (χ0v) is 22.2. The first-order chi connectivity index (χ1) is 18.1. The van der Waals surface area contributed by atoms with Crippen molar-refractivity contribution >= 4 is 38.6 Å². The van der Waals surface area contributed by atoms with Crippen molar-refractivity contribution in [2.45, 2.75) is 20.5 Å². The molecule has 6 rings (SSSR count). The number of aromatic nitrogens is 4. The predicted octanol–water partition coefficient (Wildman–Crippen LogP) is 7.09. The van der Waals surface area contributed by atoms with Crippen molar-refractivity contribution < 1.29 is 23.0 Å². The van der Waals surface area contributed by atoms with E-state index in [-0.39, 0.29) is 12.4 Å². The third kappa shape index (κ3) is 5.00. The van der Waals surface area contributed by atoms with Gasteiger partial charge in [-0.3, -0.25) is 0 Å². The van der Waals surface area contributed by atoms with E-state index in [9.17, 15) is 4.39 Å². The van der Waals surface area contributed by atoms with E-state index in [4.69, 9.17) is 18.6 Å². The molecule has 6 aromatic rings. The largest absolute Gasteiger partial charge is 0.496 e. The Bertz CT molecular complexity index is 1640. The average molecular weight is 539 g/mol. The third-order valence-electron chi connectivity index (χ3n) is 5.26. The SMILES string of the molecule is CC.COc1cc(OCc2csc(-c3cccc(F)c3)n2)c2cc(-c3cn4nc(OC)sc4n3)oc2c1. The van der Waals surface area contributed by atoms with Crippen molar-refractivity contribution in [2.24, 2.45) is 0 Å². The van der Waals surface area contributed by atoms with Gasteiger partial charge in [0, 0.05) is 23.1 Å². The highest BCUT2D eigenvalue weighted by atomic mass is 32.1. The lowest BCUT2D eigenvalue weighted by Gasteiger charge is -2.07. The van der Waals surface area contributed by atoms with Crippen LogP contribution in [0.2, 0.25) is 0 Å². The van der Waals surface area contributed by atoms with Crippen LogP contribution < -0.4 is 14.2 Å². The third-order valence-corrected chi connectivity index (χ3v) is 7.08. The molecule has 0 radical (unpaired) electrons. The standard InChI is InChI=1S/C24H17FN4O4S2.C2H6/c1-30-16-7-19(32-11-15-12-34-22(26-15)13-4-3-5-14(25)6-13)17-9-21(33-20(17)8-16)18-10-29-23(27-18)35-24(28-29)31-2;1-2/h3-10,12H,11H2,1-2H3;1-2H3. The highest BCUT2D eigenvalue weighted by molar-refractivity contribution is 7.18. The fourth-order valence-corrected chi connectivity index (χ4v) is 5.11. The van der Waals surface area contributed by atoms with Crippen molar-refractivity contribution in [3.8, 4) is 38.7 Å². The molecule has 0 aliphatic carbocycles. The molecule has 0 saturated heterocycles. The highest BCUT2D eigenvalue weighted by Gasteiger charge is 2.17. The fraction of sp³-hybridized carbons (Fsp3) is 0.192. The summed E-state index contributed by atoms with van der Waals surface area (Å²) in [5.74, 6) is 1.48. The smallest absolute Gasteiger partial charge is 0.294 e. The lowest BCUT2D eigenvalue weighted by atomic mass is 10.2. The van der Waals surface area contributed by atoms with Crippen LogP contribution in [0.25, 0.3) is 38.0 Å². The molecule has 0 atom stereocenters.